The Morgan fingerprint density at radius 1 is 1.12 bits per heavy atom. The standard InChI is InChI=1S/C20H21NO3/c1-3-24-19(22)13-17(14-7-5-4-6-8-14)16-11-15-9-10-21-20(15)18(12-16)23-2/h4-12,17,21H,3,13H2,1-2H3. The number of carbonyl (C=O) groups excluding carboxylic acids is 1. The first-order valence-electron chi connectivity index (χ1n) is 8.08. The number of hydrogen-bond donors (Lipinski definition) is 1. The van der Waals surface area contributed by atoms with Crippen LogP contribution in [0.15, 0.2) is 54.7 Å². The van der Waals surface area contributed by atoms with Gasteiger partial charge in [0.2, 0.25) is 0 Å². The summed E-state index contributed by atoms with van der Waals surface area (Å²) in [6.07, 6.45) is 2.19. The quantitative estimate of drug-likeness (QED) is 0.690. The summed E-state index contributed by atoms with van der Waals surface area (Å²) in [5.74, 6) is 0.509. The van der Waals surface area contributed by atoms with E-state index >= 15 is 0 Å². The molecule has 24 heavy (non-hydrogen) atoms. The molecule has 0 fully saturated rings. The second-order valence-corrected chi connectivity index (χ2v) is 5.64. The molecule has 0 aliphatic rings. The van der Waals surface area contributed by atoms with Gasteiger partial charge < -0.3 is 14.5 Å². The molecular formula is C20H21NO3. The van der Waals surface area contributed by atoms with Crippen LogP contribution >= 0.6 is 0 Å². The average molecular weight is 323 g/mol. The number of benzene rings is 2. The van der Waals surface area contributed by atoms with Gasteiger partial charge in [-0.3, -0.25) is 4.79 Å². The maximum Gasteiger partial charge on any atom is 0.306 e. The Morgan fingerprint density at radius 2 is 1.92 bits per heavy atom. The average Bonchev–Trinajstić information content (AvgIpc) is 3.08. The zero-order chi connectivity index (χ0) is 16.9. The number of carbonyl (C=O) groups is 1. The van der Waals surface area contributed by atoms with Crippen LogP contribution in [0.5, 0.6) is 5.75 Å². The summed E-state index contributed by atoms with van der Waals surface area (Å²) in [6.45, 7) is 2.21. The Balaban J connectivity index is 2.06. The van der Waals surface area contributed by atoms with Crippen molar-refractivity contribution in [2.75, 3.05) is 13.7 Å². The van der Waals surface area contributed by atoms with Crippen molar-refractivity contribution in [1.82, 2.24) is 4.98 Å². The van der Waals surface area contributed by atoms with Gasteiger partial charge in [-0.15, -0.1) is 0 Å². The summed E-state index contributed by atoms with van der Waals surface area (Å²) in [7, 11) is 1.66. The lowest BCUT2D eigenvalue weighted by atomic mass is 9.88. The molecule has 0 aliphatic carbocycles. The van der Waals surface area contributed by atoms with Gasteiger partial charge in [-0.05, 0) is 36.2 Å². The van der Waals surface area contributed by atoms with E-state index in [9.17, 15) is 4.79 Å². The number of esters is 1. The number of ether oxygens (including phenoxy) is 2. The van der Waals surface area contributed by atoms with Gasteiger partial charge in [-0.1, -0.05) is 30.3 Å². The van der Waals surface area contributed by atoms with Gasteiger partial charge in [0.25, 0.3) is 0 Å². The van der Waals surface area contributed by atoms with Crippen LogP contribution in [0.25, 0.3) is 10.9 Å². The van der Waals surface area contributed by atoms with Crippen molar-refractivity contribution < 1.29 is 14.3 Å². The Hall–Kier alpha value is -2.75. The fraction of sp³-hybridized carbons (Fsp3) is 0.250. The van der Waals surface area contributed by atoms with E-state index in [1.807, 2.05) is 55.6 Å². The molecule has 1 aromatic heterocycles. The van der Waals surface area contributed by atoms with Crippen LogP contribution in [0, 0.1) is 0 Å². The third-order valence-corrected chi connectivity index (χ3v) is 4.15. The molecule has 2 aromatic carbocycles. The molecule has 1 unspecified atom stereocenters. The molecule has 0 saturated carbocycles. The third kappa shape index (κ3) is 3.27. The number of aromatic nitrogens is 1. The molecule has 1 heterocycles. The van der Waals surface area contributed by atoms with E-state index in [1.165, 1.54) is 0 Å². The van der Waals surface area contributed by atoms with Crippen LogP contribution in [0.1, 0.15) is 30.4 Å². The van der Waals surface area contributed by atoms with E-state index in [4.69, 9.17) is 9.47 Å². The molecule has 0 saturated heterocycles. The lowest BCUT2D eigenvalue weighted by molar-refractivity contribution is -0.143. The third-order valence-electron chi connectivity index (χ3n) is 4.15. The van der Waals surface area contributed by atoms with E-state index in [0.717, 1.165) is 27.8 Å². The number of fused-ring (bicyclic) bond motifs is 1. The van der Waals surface area contributed by atoms with E-state index in [1.54, 1.807) is 7.11 Å². The highest BCUT2D eigenvalue weighted by molar-refractivity contribution is 5.86. The van der Waals surface area contributed by atoms with Gasteiger partial charge in [-0.25, -0.2) is 0 Å². The Kier molecular flexibility index (Phi) is 4.85. The monoisotopic (exact) mass is 323 g/mol. The van der Waals surface area contributed by atoms with Gasteiger partial charge in [-0.2, -0.15) is 0 Å². The molecule has 4 nitrogen and oxygen atoms in total. The highest BCUT2D eigenvalue weighted by Gasteiger charge is 2.21. The van der Waals surface area contributed by atoms with Crippen molar-refractivity contribution in [2.45, 2.75) is 19.3 Å². The SMILES string of the molecule is CCOC(=O)CC(c1ccccc1)c1cc(OC)c2[nH]ccc2c1. The largest absolute Gasteiger partial charge is 0.495 e. The minimum absolute atomic E-state index is 0.0709. The summed E-state index contributed by atoms with van der Waals surface area (Å²) < 4.78 is 10.7. The first-order chi connectivity index (χ1) is 11.7. The van der Waals surface area contributed by atoms with Crippen LogP contribution < -0.4 is 4.74 Å². The molecule has 0 spiro atoms. The summed E-state index contributed by atoms with van der Waals surface area (Å²) in [5.41, 5.74) is 3.09. The number of rotatable bonds is 6. The number of nitrogens with one attached hydrogen (secondary N) is 1. The first kappa shape index (κ1) is 16.1. The smallest absolute Gasteiger partial charge is 0.306 e. The summed E-state index contributed by atoms with van der Waals surface area (Å²) in [4.78, 5) is 15.3. The van der Waals surface area contributed by atoms with Crippen LogP contribution in [0.4, 0.5) is 0 Å². The van der Waals surface area contributed by atoms with Gasteiger partial charge >= 0.3 is 5.97 Å². The second kappa shape index (κ2) is 7.21. The van der Waals surface area contributed by atoms with E-state index in [0.29, 0.717) is 13.0 Å². The molecule has 3 aromatic rings. The lowest BCUT2D eigenvalue weighted by Crippen LogP contribution is -2.12. The zero-order valence-electron chi connectivity index (χ0n) is 13.9. The van der Waals surface area contributed by atoms with Crippen LogP contribution in [0.3, 0.4) is 0 Å². The zero-order valence-corrected chi connectivity index (χ0v) is 13.9. The van der Waals surface area contributed by atoms with Gasteiger partial charge in [0.15, 0.2) is 0 Å². The van der Waals surface area contributed by atoms with Gasteiger partial charge in [0.1, 0.15) is 5.75 Å². The van der Waals surface area contributed by atoms with Crippen LogP contribution in [0.2, 0.25) is 0 Å². The minimum atomic E-state index is -0.195. The Bertz CT molecular complexity index is 823. The topological polar surface area (TPSA) is 51.3 Å². The van der Waals surface area contributed by atoms with Gasteiger partial charge in [0.05, 0.1) is 25.7 Å². The van der Waals surface area contributed by atoms with Crippen molar-refractivity contribution in [3.63, 3.8) is 0 Å². The molecule has 4 heteroatoms. The van der Waals surface area contributed by atoms with Crippen molar-refractivity contribution in [3.8, 4) is 5.75 Å². The molecule has 3 rings (SSSR count). The number of aromatic amines is 1. The van der Waals surface area contributed by atoms with E-state index in [2.05, 4.69) is 11.1 Å². The number of hydrogen-bond acceptors (Lipinski definition) is 3. The Morgan fingerprint density at radius 3 is 2.62 bits per heavy atom. The highest BCUT2D eigenvalue weighted by atomic mass is 16.5. The van der Waals surface area contributed by atoms with Crippen molar-refractivity contribution in [1.29, 1.82) is 0 Å². The maximum absolute atomic E-state index is 12.1. The van der Waals surface area contributed by atoms with Crippen LogP contribution in [-0.4, -0.2) is 24.7 Å². The number of methoxy groups -OCH3 is 1. The number of H-pyrrole nitrogens is 1. The van der Waals surface area contributed by atoms with Crippen LogP contribution in [-0.2, 0) is 9.53 Å². The fourth-order valence-corrected chi connectivity index (χ4v) is 3.02. The summed E-state index contributed by atoms with van der Waals surface area (Å²) >= 11 is 0. The fourth-order valence-electron chi connectivity index (χ4n) is 3.02. The van der Waals surface area contributed by atoms with E-state index < -0.39 is 0 Å². The summed E-state index contributed by atoms with van der Waals surface area (Å²) in [6, 6.07) is 16.1. The van der Waals surface area contributed by atoms with Crippen molar-refractivity contribution in [2.24, 2.45) is 0 Å². The molecule has 0 amide bonds. The predicted octanol–water partition coefficient (Wildman–Crippen LogP) is 4.26. The molecule has 1 N–H and O–H groups in total. The molecular weight excluding hydrogens is 302 g/mol. The second-order valence-electron chi connectivity index (χ2n) is 5.64. The predicted molar refractivity (Wildman–Crippen MR) is 94.4 cm³/mol. The lowest BCUT2D eigenvalue weighted by Gasteiger charge is -2.18. The Labute approximate surface area is 141 Å². The molecule has 0 bridgehead atoms. The highest BCUT2D eigenvalue weighted by Crippen LogP contribution is 2.34. The van der Waals surface area contributed by atoms with Crippen molar-refractivity contribution in [3.05, 3.63) is 65.9 Å². The normalized spacial score (nSPS) is 12.1. The molecule has 0 aliphatic heterocycles. The minimum Gasteiger partial charge on any atom is -0.495 e. The molecule has 0 radical (unpaired) electrons. The molecule has 124 valence electrons. The van der Waals surface area contributed by atoms with E-state index in [-0.39, 0.29) is 11.9 Å². The first-order valence-corrected chi connectivity index (χ1v) is 8.08. The van der Waals surface area contributed by atoms with Gasteiger partial charge in [0, 0.05) is 17.5 Å². The molecule has 1 atom stereocenters. The summed E-state index contributed by atoms with van der Waals surface area (Å²) in [5, 5.41) is 1.06. The van der Waals surface area contributed by atoms with Crippen molar-refractivity contribution >= 4 is 16.9 Å². The maximum atomic E-state index is 12.1.